The SMILES string of the molecule is CCOC(=O)CCCCCCCCCCCCO. The van der Waals surface area contributed by atoms with Crippen LogP contribution in [0, 0.1) is 0 Å². The van der Waals surface area contributed by atoms with Gasteiger partial charge in [0.25, 0.3) is 0 Å². The van der Waals surface area contributed by atoms with Crippen LogP contribution in [-0.4, -0.2) is 24.3 Å². The van der Waals surface area contributed by atoms with Gasteiger partial charge in [-0.3, -0.25) is 4.79 Å². The minimum Gasteiger partial charge on any atom is -0.466 e. The number of rotatable bonds is 13. The first-order valence-corrected chi connectivity index (χ1v) is 7.57. The molecule has 0 aliphatic carbocycles. The Morgan fingerprint density at radius 3 is 1.72 bits per heavy atom. The zero-order chi connectivity index (χ0) is 13.5. The van der Waals surface area contributed by atoms with Crippen molar-refractivity contribution in [1.29, 1.82) is 0 Å². The smallest absolute Gasteiger partial charge is 0.305 e. The summed E-state index contributed by atoms with van der Waals surface area (Å²) in [6, 6.07) is 0. The van der Waals surface area contributed by atoms with Gasteiger partial charge < -0.3 is 9.84 Å². The van der Waals surface area contributed by atoms with Crippen LogP contribution in [0.3, 0.4) is 0 Å². The fourth-order valence-corrected chi connectivity index (χ4v) is 2.03. The topological polar surface area (TPSA) is 46.5 Å². The Kier molecular flexibility index (Phi) is 14.0. The van der Waals surface area contributed by atoms with Gasteiger partial charge in [0.05, 0.1) is 6.61 Å². The number of aliphatic hydroxyl groups excluding tert-OH is 1. The summed E-state index contributed by atoms with van der Waals surface area (Å²) in [5.41, 5.74) is 0. The van der Waals surface area contributed by atoms with Crippen LogP contribution in [0.1, 0.15) is 77.6 Å². The molecule has 0 aromatic rings. The summed E-state index contributed by atoms with van der Waals surface area (Å²) < 4.78 is 4.88. The summed E-state index contributed by atoms with van der Waals surface area (Å²) in [7, 11) is 0. The van der Waals surface area contributed by atoms with Crippen molar-refractivity contribution < 1.29 is 14.6 Å². The van der Waals surface area contributed by atoms with E-state index in [1.807, 2.05) is 6.92 Å². The van der Waals surface area contributed by atoms with Crippen molar-refractivity contribution in [3.8, 4) is 0 Å². The van der Waals surface area contributed by atoms with Crippen LogP contribution in [-0.2, 0) is 9.53 Å². The lowest BCUT2D eigenvalue weighted by Gasteiger charge is -2.03. The molecule has 0 heterocycles. The molecule has 0 saturated carbocycles. The predicted molar refractivity (Wildman–Crippen MR) is 74.5 cm³/mol. The largest absolute Gasteiger partial charge is 0.466 e. The highest BCUT2D eigenvalue weighted by atomic mass is 16.5. The van der Waals surface area contributed by atoms with E-state index in [9.17, 15) is 4.79 Å². The summed E-state index contributed by atoms with van der Waals surface area (Å²) in [6.07, 6.45) is 12.5. The van der Waals surface area contributed by atoms with Crippen molar-refractivity contribution in [2.45, 2.75) is 77.6 Å². The molecule has 0 aromatic heterocycles. The van der Waals surface area contributed by atoms with Gasteiger partial charge in [0.2, 0.25) is 0 Å². The molecule has 3 heteroatoms. The molecule has 0 aliphatic heterocycles. The lowest BCUT2D eigenvalue weighted by atomic mass is 10.1. The van der Waals surface area contributed by atoms with E-state index < -0.39 is 0 Å². The monoisotopic (exact) mass is 258 g/mol. The highest BCUT2D eigenvalue weighted by Crippen LogP contribution is 2.11. The fourth-order valence-electron chi connectivity index (χ4n) is 2.03. The molecule has 18 heavy (non-hydrogen) atoms. The Morgan fingerprint density at radius 1 is 0.833 bits per heavy atom. The van der Waals surface area contributed by atoms with E-state index in [1.165, 1.54) is 38.5 Å². The van der Waals surface area contributed by atoms with Crippen LogP contribution in [0.2, 0.25) is 0 Å². The number of ether oxygens (including phenoxy) is 1. The van der Waals surface area contributed by atoms with Crippen molar-refractivity contribution in [2.75, 3.05) is 13.2 Å². The predicted octanol–water partition coefficient (Wildman–Crippen LogP) is 3.83. The minimum absolute atomic E-state index is 0.0543. The van der Waals surface area contributed by atoms with Gasteiger partial charge in [-0.25, -0.2) is 0 Å². The van der Waals surface area contributed by atoms with Gasteiger partial charge in [-0.05, 0) is 19.8 Å². The third-order valence-electron chi connectivity index (χ3n) is 3.09. The summed E-state index contributed by atoms with van der Waals surface area (Å²) in [4.78, 5) is 11.1. The second-order valence-corrected chi connectivity index (χ2v) is 4.81. The van der Waals surface area contributed by atoms with E-state index in [0.29, 0.717) is 19.6 Å². The molecule has 0 saturated heterocycles. The Morgan fingerprint density at radius 2 is 1.28 bits per heavy atom. The lowest BCUT2D eigenvalue weighted by Crippen LogP contribution is -2.03. The summed E-state index contributed by atoms with van der Waals surface area (Å²) in [5, 5.41) is 8.63. The van der Waals surface area contributed by atoms with Crippen LogP contribution < -0.4 is 0 Å². The van der Waals surface area contributed by atoms with Crippen LogP contribution in [0.25, 0.3) is 0 Å². The van der Waals surface area contributed by atoms with Crippen LogP contribution in [0.4, 0.5) is 0 Å². The minimum atomic E-state index is -0.0543. The Bertz CT molecular complexity index is 181. The maximum Gasteiger partial charge on any atom is 0.305 e. The van der Waals surface area contributed by atoms with E-state index in [1.54, 1.807) is 0 Å². The Hall–Kier alpha value is -0.570. The van der Waals surface area contributed by atoms with Gasteiger partial charge in [0, 0.05) is 13.0 Å². The second kappa shape index (κ2) is 14.5. The third-order valence-corrected chi connectivity index (χ3v) is 3.09. The molecule has 108 valence electrons. The van der Waals surface area contributed by atoms with Crippen molar-refractivity contribution in [1.82, 2.24) is 0 Å². The maximum atomic E-state index is 11.1. The van der Waals surface area contributed by atoms with Crippen molar-refractivity contribution in [3.63, 3.8) is 0 Å². The highest BCUT2D eigenvalue weighted by molar-refractivity contribution is 5.69. The van der Waals surface area contributed by atoms with Gasteiger partial charge >= 0.3 is 5.97 Å². The Labute approximate surface area is 112 Å². The van der Waals surface area contributed by atoms with E-state index in [2.05, 4.69) is 0 Å². The zero-order valence-electron chi connectivity index (χ0n) is 12.0. The van der Waals surface area contributed by atoms with E-state index in [4.69, 9.17) is 9.84 Å². The molecular weight excluding hydrogens is 228 g/mol. The van der Waals surface area contributed by atoms with Crippen molar-refractivity contribution >= 4 is 5.97 Å². The van der Waals surface area contributed by atoms with E-state index in [0.717, 1.165) is 25.7 Å². The third kappa shape index (κ3) is 13.5. The summed E-state index contributed by atoms with van der Waals surface area (Å²) in [6.45, 7) is 2.67. The highest BCUT2D eigenvalue weighted by Gasteiger charge is 2.00. The Balaban J connectivity index is 3.01. The molecule has 1 N–H and O–H groups in total. The molecular formula is C15H30O3. The van der Waals surface area contributed by atoms with Gasteiger partial charge in [-0.2, -0.15) is 0 Å². The first kappa shape index (κ1) is 17.4. The first-order chi connectivity index (χ1) is 8.81. The van der Waals surface area contributed by atoms with Crippen LogP contribution in [0.15, 0.2) is 0 Å². The second-order valence-electron chi connectivity index (χ2n) is 4.81. The fraction of sp³-hybridized carbons (Fsp3) is 0.933. The lowest BCUT2D eigenvalue weighted by molar-refractivity contribution is -0.143. The number of hydrogen-bond donors (Lipinski definition) is 1. The maximum absolute atomic E-state index is 11.1. The molecule has 0 aliphatic rings. The van der Waals surface area contributed by atoms with Gasteiger partial charge in [-0.1, -0.05) is 51.4 Å². The average Bonchev–Trinajstić information content (AvgIpc) is 2.36. The van der Waals surface area contributed by atoms with Gasteiger partial charge in [-0.15, -0.1) is 0 Å². The molecule has 0 unspecified atom stereocenters. The van der Waals surface area contributed by atoms with Crippen LogP contribution >= 0.6 is 0 Å². The molecule has 0 amide bonds. The van der Waals surface area contributed by atoms with Crippen molar-refractivity contribution in [2.24, 2.45) is 0 Å². The number of unbranched alkanes of at least 4 members (excludes halogenated alkanes) is 9. The molecule has 0 aromatic carbocycles. The number of hydrogen-bond acceptors (Lipinski definition) is 3. The summed E-state index contributed by atoms with van der Waals surface area (Å²) >= 11 is 0. The number of esters is 1. The standard InChI is InChI=1S/C15H30O3/c1-2-18-15(17)13-11-9-7-5-3-4-6-8-10-12-14-16/h16H,2-14H2,1H3. The van der Waals surface area contributed by atoms with E-state index in [-0.39, 0.29) is 5.97 Å². The first-order valence-electron chi connectivity index (χ1n) is 7.57. The molecule has 0 fully saturated rings. The normalized spacial score (nSPS) is 10.6. The number of carbonyl (C=O) groups excluding carboxylic acids is 1. The summed E-state index contributed by atoms with van der Waals surface area (Å²) in [5.74, 6) is -0.0543. The molecule has 0 spiro atoms. The quantitative estimate of drug-likeness (QED) is 0.403. The zero-order valence-corrected chi connectivity index (χ0v) is 12.0. The molecule has 0 radical (unpaired) electrons. The molecule has 0 bridgehead atoms. The van der Waals surface area contributed by atoms with Crippen LogP contribution in [0.5, 0.6) is 0 Å². The molecule has 0 rings (SSSR count). The van der Waals surface area contributed by atoms with Gasteiger partial charge in [0.1, 0.15) is 0 Å². The molecule has 0 atom stereocenters. The number of carbonyl (C=O) groups is 1. The number of aliphatic hydroxyl groups is 1. The van der Waals surface area contributed by atoms with Gasteiger partial charge in [0.15, 0.2) is 0 Å². The molecule has 3 nitrogen and oxygen atoms in total. The average molecular weight is 258 g/mol. The van der Waals surface area contributed by atoms with Crippen molar-refractivity contribution in [3.05, 3.63) is 0 Å². The van der Waals surface area contributed by atoms with E-state index >= 15 is 0 Å².